The number of nitrogens with one attached hydrogen (secondary N) is 4. The quantitative estimate of drug-likeness (QED) is 0.392. The van der Waals surface area contributed by atoms with Gasteiger partial charge in [0.05, 0.1) is 23.7 Å². The van der Waals surface area contributed by atoms with Gasteiger partial charge in [0.2, 0.25) is 11.8 Å². The van der Waals surface area contributed by atoms with E-state index < -0.39 is 35.6 Å². The number of carbonyl (C=O) groups is 3. The van der Waals surface area contributed by atoms with Crippen molar-refractivity contribution in [3.63, 3.8) is 0 Å². The van der Waals surface area contributed by atoms with E-state index in [1.807, 2.05) is 20.8 Å². The Morgan fingerprint density at radius 2 is 2.00 bits per heavy atom. The Morgan fingerprint density at radius 1 is 1.30 bits per heavy atom. The maximum Gasteiger partial charge on any atom is 0.268 e. The first-order valence-corrected chi connectivity index (χ1v) is 12.6. The molecule has 1 saturated heterocycles. The highest BCUT2D eigenvalue weighted by atomic mass is 35.5. The van der Waals surface area contributed by atoms with Crippen molar-refractivity contribution in [1.29, 1.82) is 5.26 Å². The first kappa shape index (κ1) is 26.7. The lowest BCUT2D eigenvalue weighted by atomic mass is 9.91. The van der Waals surface area contributed by atoms with Gasteiger partial charge in [-0.3, -0.25) is 14.4 Å². The Kier molecular flexibility index (Phi) is 7.12. The van der Waals surface area contributed by atoms with Crippen molar-refractivity contribution in [2.75, 3.05) is 7.11 Å². The maximum absolute atomic E-state index is 14.5. The molecule has 3 amide bonds. The standard InChI is InChI=1S/C26H31ClFN5O4/c1-25(2)10-13(22(34)33-25)7-14(12-29)30-24(36)19(11-26(3)5-6-26)32-23(35)18-8-15-20(31-18)17(28)9-16(27)21(15)37-4/h8-9,13-14,19,31H,5-7,10-11H2,1-4H3,(H,30,36)(H,32,35)(H,33,34)/t13-,14+,19+/m1/s1. The van der Waals surface area contributed by atoms with Crippen LogP contribution in [-0.4, -0.2) is 47.4 Å². The van der Waals surface area contributed by atoms with Crippen LogP contribution in [-0.2, 0) is 9.59 Å². The van der Waals surface area contributed by atoms with Crippen LogP contribution in [0.1, 0.15) is 63.4 Å². The molecule has 1 aromatic heterocycles. The molecule has 0 bridgehead atoms. The highest BCUT2D eigenvalue weighted by molar-refractivity contribution is 6.33. The number of nitrogens with zero attached hydrogens (tertiary/aromatic N) is 1. The van der Waals surface area contributed by atoms with Crippen molar-refractivity contribution in [2.45, 2.75) is 70.5 Å². The largest absolute Gasteiger partial charge is 0.494 e. The second-order valence-electron chi connectivity index (χ2n) is 11.1. The number of aromatic amines is 1. The SMILES string of the molecule is COc1c(Cl)cc(F)c2[nH]c(C(=O)N[C@@H](CC3(C)CC3)C(=O)N[C@H](C#N)C[C@@H]3CC(C)(C)NC3=O)cc12. The molecule has 37 heavy (non-hydrogen) atoms. The molecule has 2 aliphatic rings. The number of hydrogen-bond acceptors (Lipinski definition) is 5. The monoisotopic (exact) mass is 531 g/mol. The van der Waals surface area contributed by atoms with Crippen molar-refractivity contribution < 1.29 is 23.5 Å². The molecular formula is C26H31ClFN5O4. The van der Waals surface area contributed by atoms with E-state index in [0.29, 0.717) is 18.2 Å². The van der Waals surface area contributed by atoms with E-state index in [4.69, 9.17) is 16.3 Å². The summed E-state index contributed by atoms with van der Waals surface area (Å²) in [7, 11) is 1.39. The summed E-state index contributed by atoms with van der Waals surface area (Å²) in [6, 6.07) is 2.77. The Morgan fingerprint density at radius 3 is 2.57 bits per heavy atom. The molecule has 1 aliphatic heterocycles. The number of aromatic nitrogens is 1. The molecule has 9 nitrogen and oxygen atoms in total. The van der Waals surface area contributed by atoms with Crippen molar-refractivity contribution >= 4 is 40.2 Å². The Hall–Kier alpha value is -3.32. The van der Waals surface area contributed by atoms with Gasteiger partial charge in [-0.15, -0.1) is 0 Å². The minimum absolute atomic E-state index is 0.0370. The summed E-state index contributed by atoms with van der Waals surface area (Å²) in [6.07, 6.45) is 2.95. The van der Waals surface area contributed by atoms with Crippen LogP contribution in [0.15, 0.2) is 12.1 Å². The minimum Gasteiger partial charge on any atom is -0.494 e. The molecule has 2 fully saturated rings. The van der Waals surface area contributed by atoms with Crippen molar-refractivity contribution in [3.05, 3.63) is 28.7 Å². The topological polar surface area (TPSA) is 136 Å². The molecule has 0 spiro atoms. The average molecular weight is 532 g/mol. The van der Waals surface area contributed by atoms with Crippen LogP contribution in [0, 0.1) is 28.5 Å². The Bertz CT molecular complexity index is 1300. The predicted molar refractivity (Wildman–Crippen MR) is 136 cm³/mol. The van der Waals surface area contributed by atoms with Crippen molar-refractivity contribution in [3.8, 4) is 11.8 Å². The van der Waals surface area contributed by atoms with Crippen LogP contribution < -0.4 is 20.7 Å². The van der Waals surface area contributed by atoms with Crippen molar-refractivity contribution in [2.24, 2.45) is 11.3 Å². The van der Waals surface area contributed by atoms with Crippen molar-refractivity contribution in [1.82, 2.24) is 20.9 Å². The molecule has 2 heterocycles. The van der Waals surface area contributed by atoms with Crippen LogP contribution >= 0.6 is 11.6 Å². The molecule has 1 aromatic carbocycles. The molecule has 3 atom stereocenters. The fourth-order valence-corrected chi connectivity index (χ4v) is 5.25. The van der Waals surface area contributed by atoms with Gasteiger partial charge in [-0.2, -0.15) is 5.26 Å². The number of ether oxygens (including phenoxy) is 1. The summed E-state index contributed by atoms with van der Waals surface area (Å²) < 4.78 is 19.7. The predicted octanol–water partition coefficient (Wildman–Crippen LogP) is 3.57. The molecule has 0 radical (unpaired) electrons. The number of fused-ring (bicyclic) bond motifs is 1. The summed E-state index contributed by atoms with van der Waals surface area (Å²) in [5.74, 6) is -2.06. The molecule has 4 rings (SSSR count). The van der Waals surface area contributed by atoms with E-state index in [1.165, 1.54) is 13.2 Å². The van der Waals surface area contributed by atoms with E-state index in [-0.39, 0.29) is 45.3 Å². The lowest BCUT2D eigenvalue weighted by Gasteiger charge is -2.23. The lowest BCUT2D eigenvalue weighted by Crippen LogP contribution is -2.50. The van der Waals surface area contributed by atoms with E-state index in [9.17, 15) is 24.0 Å². The summed E-state index contributed by atoms with van der Waals surface area (Å²) in [4.78, 5) is 41.4. The van der Waals surface area contributed by atoms with Crippen LogP contribution in [0.25, 0.3) is 10.9 Å². The smallest absolute Gasteiger partial charge is 0.268 e. The number of carbonyl (C=O) groups excluding carboxylic acids is 3. The second-order valence-corrected chi connectivity index (χ2v) is 11.5. The fourth-order valence-electron chi connectivity index (χ4n) is 4.97. The molecule has 4 N–H and O–H groups in total. The number of H-pyrrole nitrogens is 1. The molecule has 1 aliphatic carbocycles. The number of rotatable bonds is 9. The van der Waals surface area contributed by atoms with E-state index in [0.717, 1.165) is 18.9 Å². The number of amides is 3. The molecule has 198 valence electrons. The third-order valence-corrected chi connectivity index (χ3v) is 7.50. The van der Waals surface area contributed by atoms with Gasteiger partial charge in [0.25, 0.3) is 5.91 Å². The molecular weight excluding hydrogens is 501 g/mol. The van der Waals surface area contributed by atoms with Gasteiger partial charge in [-0.05, 0) is 63.5 Å². The van der Waals surface area contributed by atoms with Gasteiger partial charge >= 0.3 is 0 Å². The van der Waals surface area contributed by atoms with E-state index >= 15 is 0 Å². The summed E-state index contributed by atoms with van der Waals surface area (Å²) in [6.45, 7) is 5.84. The minimum atomic E-state index is -0.925. The Balaban J connectivity index is 1.50. The number of benzene rings is 1. The van der Waals surface area contributed by atoms with Gasteiger partial charge in [0.15, 0.2) is 0 Å². The van der Waals surface area contributed by atoms with Gasteiger partial charge in [0, 0.05) is 16.8 Å². The van der Waals surface area contributed by atoms with E-state index in [1.54, 1.807) is 0 Å². The normalized spacial score (nSPS) is 21.0. The zero-order chi connectivity index (χ0) is 27.1. The number of nitriles is 1. The third-order valence-electron chi connectivity index (χ3n) is 7.22. The van der Waals surface area contributed by atoms with Gasteiger partial charge < -0.3 is 25.7 Å². The average Bonchev–Trinajstić information content (AvgIpc) is 3.25. The summed E-state index contributed by atoms with van der Waals surface area (Å²) in [5.41, 5.74) is -0.371. The molecule has 11 heteroatoms. The third kappa shape index (κ3) is 5.82. The summed E-state index contributed by atoms with van der Waals surface area (Å²) >= 11 is 6.07. The highest BCUT2D eigenvalue weighted by Gasteiger charge is 2.43. The molecule has 0 unspecified atom stereocenters. The van der Waals surface area contributed by atoms with Gasteiger partial charge in [-0.25, -0.2) is 4.39 Å². The molecule has 1 saturated carbocycles. The zero-order valence-electron chi connectivity index (χ0n) is 21.3. The van der Waals surface area contributed by atoms with Crippen LogP contribution in [0.4, 0.5) is 4.39 Å². The van der Waals surface area contributed by atoms with Crippen LogP contribution in [0.2, 0.25) is 5.02 Å². The first-order valence-electron chi connectivity index (χ1n) is 12.2. The second kappa shape index (κ2) is 9.86. The zero-order valence-corrected chi connectivity index (χ0v) is 22.0. The highest BCUT2D eigenvalue weighted by Crippen LogP contribution is 2.49. The van der Waals surface area contributed by atoms with Crippen LogP contribution in [0.3, 0.4) is 0 Å². The first-order chi connectivity index (χ1) is 17.3. The van der Waals surface area contributed by atoms with Crippen LogP contribution in [0.5, 0.6) is 5.75 Å². The Labute approximate surface area is 219 Å². The molecule has 2 aromatic rings. The number of methoxy groups -OCH3 is 1. The van der Waals surface area contributed by atoms with E-state index in [2.05, 4.69) is 27.0 Å². The van der Waals surface area contributed by atoms with Gasteiger partial charge in [-0.1, -0.05) is 18.5 Å². The lowest BCUT2D eigenvalue weighted by molar-refractivity contribution is -0.125. The van der Waals surface area contributed by atoms with Gasteiger partial charge in [0.1, 0.15) is 29.3 Å². The maximum atomic E-state index is 14.5. The number of halogens is 2. The number of hydrogen-bond donors (Lipinski definition) is 4. The summed E-state index contributed by atoms with van der Waals surface area (Å²) in [5, 5.41) is 18.4. The fraction of sp³-hybridized carbons (Fsp3) is 0.538.